The lowest BCUT2D eigenvalue weighted by Gasteiger charge is -2.37. The number of carbonyl (C=O) groups excluding carboxylic acids is 1. The fourth-order valence-corrected chi connectivity index (χ4v) is 3.55. The summed E-state index contributed by atoms with van der Waals surface area (Å²) in [6.07, 6.45) is 2.38. The molecule has 1 saturated heterocycles. The third kappa shape index (κ3) is 5.73. The van der Waals surface area contributed by atoms with Crippen molar-refractivity contribution < 1.29 is 14.3 Å². The minimum absolute atomic E-state index is 0.0242. The van der Waals surface area contributed by atoms with Crippen LogP contribution >= 0.6 is 0 Å². The molecule has 1 fully saturated rings. The molecule has 2 aromatic rings. The van der Waals surface area contributed by atoms with Crippen LogP contribution in [0.25, 0.3) is 0 Å². The Kier molecular flexibility index (Phi) is 7.31. The summed E-state index contributed by atoms with van der Waals surface area (Å²) in [5, 5.41) is 3.05. The zero-order valence-electron chi connectivity index (χ0n) is 16.8. The summed E-state index contributed by atoms with van der Waals surface area (Å²) < 4.78 is 10.8. The van der Waals surface area contributed by atoms with Crippen LogP contribution in [0.1, 0.15) is 31.4 Å². The summed E-state index contributed by atoms with van der Waals surface area (Å²) in [6.45, 7) is 5.00. The van der Waals surface area contributed by atoms with Gasteiger partial charge in [0.1, 0.15) is 11.5 Å². The van der Waals surface area contributed by atoms with Crippen molar-refractivity contribution in [1.82, 2.24) is 10.2 Å². The van der Waals surface area contributed by atoms with E-state index in [0.717, 1.165) is 24.8 Å². The van der Waals surface area contributed by atoms with Crippen LogP contribution < -0.4 is 14.8 Å². The maximum absolute atomic E-state index is 12.3. The number of hydrogen-bond donors (Lipinski definition) is 1. The molecule has 5 heteroatoms. The maximum atomic E-state index is 12.3. The van der Waals surface area contributed by atoms with Crippen LogP contribution in [-0.4, -0.2) is 44.2 Å². The Hall–Kier alpha value is -2.53. The number of carbonyl (C=O) groups is 1. The molecule has 1 heterocycles. The molecule has 0 aromatic heterocycles. The Morgan fingerprint density at radius 2 is 1.75 bits per heavy atom. The van der Waals surface area contributed by atoms with Crippen molar-refractivity contribution in [2.24, 2.45) is 5.92 Å². The van der Waals surface area contributed by atoms with Crippen LogP contribution in [0.2, 0.25) is 0 Å². The van der Waals surface area contributed by atoms with Crippen LogP contribution in [0.15, 0.2) is 54.6 Å². The van der Waals surface area contributed by atoms with Gasteiger partial charge < -0.3 is 14.8 Å². The van der Waals surface area contributed by atoms with Crippen molar-refractivity contribution in [3.63, 3.8) is 0 Å². The number of nitrogens with one attached hydrogen (secondary N) is 1. The van der Waals surface area contributed by atoms with E-state index >= 15 is 0 Å². The number of rotatable bonds is 8. The predicted molar refractivity (Wildman–Crippen MR) is 111 cm³/mol. The minimum atomic E-state index is -0.104. The molecule has 5 nitrogen and oxygen atoms in total. The van der Waals surface area contributed by atoms with Crippen molar-refractivity contribution in [3.05, 3.63) is 60.2 Å². The smallest absolute Gasteiger partial charge is 0.258 e. The molecule has 1 aliphatic rings. The summed E-state index contributed by atoms with van der Waals surface area (Å²) in [5.74, 6) is 2.21. The van der Waals surface area contributed by atoms with Crippen molar-refractivity contribution in [2.75, 3.05) is 33.4 Å². The van der Waals surface area contributed by atoms with Gasteiger partial charge in [0.15, 0.2) is 6.61 Å². The van der Waals surface area contributed by atoms with Gasteiger partial charge in [-0.1, -0.05) is 37.3 Å². The number of amides is 1. The molecule has 1 aliphatic heterocycles. The van der Waals surface area contributed by atoms with Gasteiger partial charge in [-0.25, -0.2) is 0 Å². The van der Waals surface area contributed by atoms with E-state index in [9.17, 15) is 4.79 Å². The molecule has 1 amide bonds. The molecular formula is C23H30N2O3. The van der Waals surface area contributed by atoms with Gasteiger partial charge in [-0.15, -0.1) is 0 Å². The summed E-state index contributed by atoms with van der Waals surface area (Å²) in [5.41, 5.74) is 1.19. The van der Waals surface area contributed by atoms with Crippen molar-refractivity contribution in [3.8, 4) is 11.5 Å². The number of piperidine rings is 1. The highest BCUT2D eigenvalue weighted by molar-refractivity contribution is 5.77. The monoisotopic (exact) mass is 382 g/mol. The molecule has 0 aliphatic carbocycles. The van der Waals surface area contributed by atoms with Crippen LogP contribution in [0.3, 0.4) is 0 Å². The Morgan fingerprint density at radius 1 is 1.07 bits per heavy atom. The molecule has 0 radical (unpaired) electrons. The van der Waals surface area contributed by atoms with E-state index < -0.39 is 0 Å². The van der Waals surface area contributed by atoms with Crippen LogP contribution in [0, 0.1) is 5.92 Å². The van der Waals surface area contributed by atoms with Gasteiger partial charge in [0.2, 0.25) is 0 Å². The molecule has 2 aromatic carbocycles. The third-order valence-electron chi connectivity index (χ3n) is 5.37. The molecule has 1 atom stereocenters. The molecule has 0 saturated carbocycles. The first-order valence-corrected chi connectivity index (χ1v) is 9.98. The second-order valence-electron chi connectivity index (χ2n) is 7.41. The molecular weight excluding hydrogens is 352 g/mol. The Labute approximate surface area is 167 Å². The van der Waals surface area contributed by atoms with Gasteiger partial charge in [-0.05, 0) is 61.7 Å². The van der Waals surface area contributed by atoms with Gasteiger partial charge in [-0.3, -0.25) is 9.69 Å². The van der Waals surface area contributed by atoms with Gasteiger partial charge in [0.05, 0.1) is 13.2 Å². The fraction of sp³-hybridized carbons (Fsp3) is 0.435. The summed E-state index contributed by atoms with van der Waals surface area (Å²) >= 11 is 0. The number of ether oxygens (including phenoxy) is 2. The Morgan fingerprint density at radius 3 is 2.39 bits per heavy atom. The van der Waals surface area contributed by atoms with Crippen LogP contribution in [0.4, 0.5) is 0 Å². The topological polar surface area (TPSA) is 50.8 Å². The highest BCUT2D eigenvalue weighted by Crippen LogP contribution is 2.27. The summed E-state index contributed by atoms with van der Waals surface area (Å²) in [4.78, 5) is 14.8. The standard InChI is InChI=1S/C23H30N2O3/c1-18-12-14-25(15-13-18)22(19-8-10-20(27-2)11-9-19)16-24-23(26)17-28-21-6-4-3-5-7-21/h3-11,18,22H,12-17H2,1-2H3,(H,24,26). The van der Waals surface area contributed by atoms with E-state index in [0.29, 0.717) is 12.3 Å². The number of para-hydroxylation sites is 1. The van der Waals surface area contributed by atoms with E-state index in [1.54, 1.807) is 7.11 Å². The largest absolute Gasteiger partial charge is 0.497 e. The first-order valence-electron chi connectivity index (χ1n) is 9.98. The SMILES string of the molecule is COc1ccc(C(CNC(=O)COc2ccccc2)N2CCC(C)CC2)cc1. The molecule has 28 heavy (non-hydrogen) atoms. The van der Waals surface area contributed by atoms with Crippen LogP contribution in [0.5, 0.6) is 11.5 Å². The third-order valence-corrected chi connectivity index (χ3v) is 5.37. The lowest BCUT2D eigenvalue weighted by atomic mass is 9.95. The van der Waals surface area contributed by atoms with Gasteiger partial charge in [-0.2, -0.15) is 0 Å². The lowest BCUT2D eigenvalue weighted by molar-refractivity contribution is -0.123. The zero-order chi connectivity index (χ0) is 19.8. The van der Waals surface area contributed by atoms with E-state index in [1.165, 1.54) is 18.4 Å². The first-order chi connectivity index (χ1) is 13.7. The average molecular weight is 383 g/mol. The van der Waals surface area contributed by atoms with Crippen molar-refractivity contribution in [2.45, 2.75) is 25.8 Å². The number of methoxy groups -OCH3 is 1. The second kappa shape index (κ2) is 10.1. The quantitative estimate of drug-likeness (QED) is 0.757. The molecule has 1 unspecified atom stereocenters. The van der Waals surface area contributed by atoms with Gasteiger partial charge in [0.25, 0.3) is 5.91 Å². The second-order valence-corrected chi connectivity index (χ2v) is 7.41. The fourth-order valence-electron chi connectivity index (χ4n) is 3.55. The van der Waals surface area contributed by atoms with E-state index in [1.807, 2.05) is 42.5 Å². The maximum Gasteiger partial charge on any atom is 0.258 e. The Balaban J connectivity index is 1.60. The van der Waals surface area contributed by atoms with E-state index in [4.69, 9.17) is 9.47 Å². The van der Waals surface area contributed by atoms with E-state index in [2.05, 4.69) is 29.3 Å². The lowest BCUT2D eigenvalue weighted by Crippen LogP contribution is -2.42. The number of hydrogen-bond acceptors (Lipinski definition) is 4. The average Bonchev–Trinajstić information content (AvgIpc) is 2.75. The zero-order valence-corrected chi connectivity index (χ0v) is 16.8. The number of likely N-dealkylation sites (tertiary alicyclic amines) is 1. The Bertz CT molecular complexity index is 725. The number of nitrogens with zero attached hydrogens (tertiary/aromatic N) is 1. The minimum Gasteiger partial charge on any atom is -0.497 e. The molecule has 1 N–H and O–H groups in total. The van der Waals surface area contributed by atoms with Crippen molar-refractivity contribution >= 4 is 5.91 Å². The normalized spacial score (nSPS) is 16.4. The summed E-state index contributed by atoms with van der Waals surface area (Å²) in [7, 11) is 1.67. The first kappa shape index (κ1) is 20.2. The number of benzene rings is 2. The highest BCUT2D eigenvalue weighted by atomic mass is 16.5. The van der Waals surface area contributed by atoms with Gasteiger partial charge in [0, 0.05) is 6.54 Å². The summed E-state index contributed by atoms with van der Waals surface area (Å²) in [6, 6.07) is 17.7. The van der Waals surface area contributed by atoms with E-state index in [-0.39, 0.29) is 18.6 Å². The highest BCUT2D eigenvalue weighted by Gasteiger charge is 2.25. The molecule has 3 rings (SSSR count). The molecule has 0 spiro atoms. The van der Waals surface area contributed by atoms with Crippen LogP contribution in [-0.2, 0) is 4.79 Å². The predicted octanol–water partition coefficient (Wildman–Crippen LogP) is 3.66. The molecule has 0 bridgehead atoms. The van der Waals surface area contributed by atoms with Crippen molar-refractivity contribution in [1.29, 1.82) is 0 Å². The van der Waals surface area contributed by atoms with Gasteiger partial charge >= 0.3 is 0 Å². The molecule has 150 valence electrons.